The molecule has 1 aromatic rings. The molecule has 4 heteroatoms. The van der Waals surface area contributed by atoms with Crippen molar-refractivity contribution in [2.75, 3.05) is 5.32 Å². The van der Waals surface area contributed by atoms with Crippen molar-refractivity contribution in [1.29, 1.82) is 0 Å². The van der Waals surface area contributed by atoms with Crippen molar-refractivity contribution >= 4 is 21.7 Å². The summed E-state index contributed by atoms with van der Waals surface area (Å²) in [5.74, 6) is 2.55. The van der Waals surface area contributed by atoms with E-state index in [1.165, 1.54) is 12.8 Å². The summed E-state index contributed by atoms with van der Waals surface area (Å²) in [6, 6.07) is 1.96. The molecular formula is C14H22BrN3. The summed E-state index contributed by atoms with van der Waals surface area (Å²) in [6.07, 6.45) is 2.64. The van der Waals surface area contributed by atoms with Crippen LogP contribution in [0.4, 0.5) is 5.82 Å². The third-order valence-electron chi connectivity index (χ3n) is 3.41. The van der Waals surface area contributed by atoms with Gasteiger partial charge in [-0.1, -0.05) is 20.8 Å². The Hall–Kier alpha value is -0.640. The van der Waals surface area contributed by atoms with Crippen molar-refractivity contribution in [2.45, 2.75) is 58.4 Å². The fraction of sp³-hybridized carbons (Fsp3) is 0.714. The van der Waals surface area contributed by atoms with Crippen LogP contribution in [0.25, 0.3) is 0 Å². The van der Waals surface area contributed by atoms with Crippen molar-refractivity contribution in [2.24, 2.45) is 5.92 Å². The second-order valence-electron chi connectivity index (χ2n) is 6.77. The monoisotopic (exact) mass is 311 g/mol. The molecule has 0 unspecified atom stereocenters. The van der Waals surface area contributed by atoms with Crippen LogP contribution in [0, 0.1) is 5.92 Å². The van der Waals surface area contributed by atoms with Gasteiger partial charge in [0.2, 0.25) is 0 Å². The largest absolute Gasteiger partial charge is 0.365 e. The molecule has 1 aliphatic carbocycles. The van der Waals surface area contributed by atoms with Gasteiger partial charge in [0.05, 0.1) is 0 Å². The average Bonchev–Trinajstić information content (AvgIpc) is 2.96. The summed E-state index contributed by atoms with van der Waals surface area (Å²) in [4.78, 5) is 9.11. The first-order valence-electron chi connectivity index (χ1n) is 6.52. The minimum absolute atomic E-state index is 0.0378. The fourth-order valence-electron chi connectivity index (χ4n) is 2.05. The molecular weight excluding hydrogens is 290 g/mol. The molecule has 0 aromatic carbocycles. The first kappa shape index (κ1) is 13.8. The summed E-state index contributed by atoms with van der Waals surface area (Å²) in [6.45, 7) is 10.9. The number of nitrogens with one attached hydrogen (secondary N) is 1. The maximum absolute atomic E-state index is 4.65. The van der Waals surface area contributed by atoms with Crippen LogP contribution in [-0.4, -0.2) is 15.5 Å². The van der Waals surface area contributed by atoms with E-state index < -0.39 is 0 Å². The van der Waals surface area contributed by atoms with Gasteiger partial charge < -0.3 is 5.32 Å². The zero-order valence-electron chi connectivity index (χ0n) is 11.8. The van der Waals surface area contributed by atoms with Crippen LogP contribution in [0.15, 0.2) is 10.7 Å². The number of nitrogens with zero attached hydrogens (tertiary/aromatic N) is 2. The number of rotatable bonds is 3. The lowest BCUT2D eigenvalue weighted by molar-refractivity contribution is 0.489. The molecule has 1 aliphatic rings. The third kappa shape index (κ3) is 3.22. The number of aromatic nitrogens is 2. The molecule has 0 saturated heterocycles. The molecule has 1 fully saturated rings. The number of anilines is 1. The van der Waals surface area contributed by atoms with Gasteiger partial charge in [0, 0.05) is 17.0 Å². The Morgan fingerprint density at radius 1 is 1.17 bits per heavy atom. The van der Waals surface area contributed by atoms with Crippen molar-refractivity contribution in [3.8, 4) is 0 Å². The first-order valence-corrected chi connectivity index (χ1v) is 7.31. The van der Waals surface area contributed by atoms with E-state index in [9.17, 15) is 0 Å². The topological polar surface area (TPSA) is 37.8 Å². The standard InChI is InChI=1S/C14H22BrN3/c1-13(2,3)12-16-10(15)8-11(17-12)18-14(4,5)9-6-7-9/h8-9H,6-7H2,1-5H3,(H,16,17,18). The summed E-state index contributed by atoms with van der Waals surface area (Å²) >= 11 is 3.47. The highest BCUT2D eigenvalue weighted by atomic mass is 79.9. The van der Waals surface area contributed by atoms with Gasteiger partial charge in [0.25, 0.3) is 0 Å². The first-order chi connectivity index (χ1) is 8.18. The van der Waals surface area contributed by atoms with Gasteiger partial charge >= 0.3 is 0 Å². The number of hydrogen-bond donors (Lipinski definition) is 1. The van der Waals surface area contributed by atoms with Crippen molar-refractivity contribution in [3.05, 3.63) is 16.5 Å². The van der Waals surface area contributed by atoms with Crippen LogP contribution in [0.1, 0.15) is 53.3 Å². The highest BCUT2D eigenvalue weighted by molar-refractivity contribution is 9.10. The van der Waals surface area contributed by atoms with E-state index in [0.717, 1.165) is 22.2 Å². The maximum Gasteiger partial charge on any atom is 0.137 e. The van der Waals surface area contributed by atoms with Crippen LogP contribution < -0.4 is 5.32 Å². The molecule has 1 aromatic heterocycles. The summed E-state index contributed by atoms with van der Waals surface area (Å²) in [7, 11) is 0. The molecule has 0 bridgehead atoms. The van der Waals surface area contributed by atoms with Crippen LogP contribution >= 0.6 is 15.9 Å². The quantitative estimate of drug-likeness (QED) is 0.853. The normalized spacial score (nSPS) is 16.8. The molecule has 0 amide bonds. The van der Waals surface area contributed by atoms with E-state index in [1.807, 2.05) is 6.07 Å². The molecule has 3 nitrogen and oxygen atoms in total. The maximum atomic E-state index is 4.65. The van der Waals surface area contributed by atoms with Crippen molar-refractivity contribution in [1.82, 2.24) is 9.97 Å². The second-order valence-corrected chi connectivity index (χ2v) is 7.58. The predicted octanol–water partition coefficient (Wildman–Crippen LogP) is 4.14. The van der Waals surface area contributed by atoms with Gasteiger partial charge in [-0.15, -0.1) is 0 Å². The van der Waals surface area contributed by atoms with Crippen molar-refractivity contribution in [3.63, 3.8) is 0 Å². The molecule has 0 aliphatic heterocycles. The zero-order chi connectivity index (χ0) is 13.6. The van der Waals surface area contributed by atoms with Crippen LogP contribution in [0.2, 0.25) is 0 Å². The third-order valence-corrected chi connectivity index (χ3v) is 3.82. The lowest BCUT2D eigenvalue weighted by atomic mass is 9.95. The summed E-state index contributed by atoms with van der Waals surface area (Å²) in [5, 5.41) is 3.55. The SMILES string of the molecule is CC(C)(C)c1nc(Br)cc(NC(C)(C)C2CC2)n1. The Kier molecular flexibility index (Phi) is 3.43. The summed E-state index contributed by atoms with van der Waals surface area (Å²) < 4.78 is 0.844. The van der Waals surface area contributed by atoms with Crippen LogP contribution in [-0.2, 0) is 5.41 Å². The zero-order valence-corrected chi connectivity index (χ0v) is 13.4. The Morgan fingerprint density at radius 3 is 2.28 bits per heavy atom. The fourth-order valence-corrected chi connectivity index (χ4v) is 2.44. The van der Waals surface area contributed by atoms with Crippen LogP contribution in [0.3, 0.4) is 0 Å². The molecule has 1 saturated carbocycles. The van der Waals surface area contributed by atoms with E-state index in [-0.39, 0.29) is 11.0 Å². The molecule has 0 spiro atoms. The molecule has 0 radical (unpaired) electrons. The van der Waals surface area contributed by atoms with Gasteiger partial charge in [0.15, 0.2) is 0 Å². The Labute approximate surface area is 118 Å². The smallest absolute Gasteiger partial charge is 0.137 e. The van der Waals surface area contributed by atoms with Crippen LogP contribution in [0.5, 0.6) is 0 Å². The molecule has 100 valence electrons. The second kappa shape index (κ2) is 4.48. The Balaban J connectivity index is 2.25. The van der Waals surface area contributed by atoms with E-state index in [4.69, 9.17) is 0 Å². The van der Waals surface area contributed by atoms with Gasteiger partial charge in [-0.2, -0.15) is 0 Å². The minimum atomic E-state index is -0.0378. The van der Waals surface area contributed by atoms with E-state index in [0.29, 0.717) is 0 Å². The van der Waals surface area contributed by atoms with E-state index in [2.05, 4.69) is 65.8 Å². The predicted molar refractivity (Wildman–Crippen MR) is 78.9 cm³/mol. The van der Waals surface area contributed by atoms with Gasteiger partial charge in [-0.25, -0.2) is 9.97 Å². The summed E-state index contributed by atoms with van der Waals surface area (Å²) in [5.41, 5.74) is 0.0763. The lowest BCUT2D eigenvalue weighted by Gasteiger charge is -2.28. The van der Waals surface area contributed by atoms with Gasteiger partial charge in [0.1, 0.15) is 16.2 Å². The molecule has 0 atom stereocenters. The van der Waals surface area contributed by atoms with Crippen molar-refractivity contribution < 1.29 is 0 Å². The minimum Gasteiger partial charge on any atom is -0.365 e. The average molecular weight is 312 g/mol. The van der Waals surface area contributed by atoms with Gasteiger partial charge in [-0.05, 0) is 48.5 Å². The molecule has 2 rings (SSSR count). The van der Waals surface area contributed by atoms with Gasteiger partial charge in [-0.3, -0.25) is 0 Å². The number of halogens is 1. The number of hydrogen-bond acceptors (Lipinski definition) is 3. The highest BCUT2D eigenvalue weighted by Gasteiger charge is 2.38. The molecule has 18 heavy (non-hydrogen) atoms. The Morgan fingerprint density at radius 2 is 1.78 bits per heavy atom. The van der Waals surface area contributed by atoms with E-state index >= 15 is 0 Å². The molecule has 1 heterocycles. The highest BCUT2D eigenvalue weighted by Crippen LogP contribution is 2.41. The van der Waals surface area contributed by atoms with E-state index in [1.54, 1.807) is 0 Å². The Bertz CT molecular complexity index is 445. The lowest BCUT2D eigenvalue weighted by Crippen LogP contribution is -2.34. The molecule has 1 N–H and O–H groups in total.